The first-order valence-electron chi connectivity index (χ1n) is 7.72. The molecule has 1 saturated heterocycles. The number of likely N-dealkylation sites (N-methyl/N-ethyl adjacent to an activating group) is 1. The number of carbonyl (C=O) groups is 1. The first-order valence-corrected chi connectivity index (χ1v) is 8.60. The van der Waals surface area contributed by atoms with Gasteiger partial charge in [-0.25, -0.2) is 0 Å². The minimum absolute atomic E-state index is 0.125. The molecule has 1 aromatic heterocycles. The van der Waals surface area contributed by atoms with Crippen LogP contribution in [0.1, 0.15) is 31.7 Å². The van der Waals surface area contributed by atoms with Crippen molar-refractivity contribution < 1.29 is 4.79 Å². The Morgan fingerprint density at radius 1 is 1.48 bits per heavy atom. The summed E-state index contributed by atoms with van der Waals surface area (Å²) in [6.07, 6.45) is 0. The van der Waals surface area contributed by atoms with Gasteiger partial charge < -0.3 is 10.2 Å². The molecule has 0 aromatic carbocycles. The minimum Gasteiger partial charge on any atom is -0.347 e. The van der Waals surface area contributed by atoms with Gasteiger partial charge >= 0.3 is 0 Å². The number of nitrogens with zero attached hydrogens (tertiary/aromatic N) is 2. The highest BCUT2D eigenvalue weighted by molar-refractivity contribution is 7.10. The van der Waals surface area contributed by atoms with E-state index in [0.29, 0.717) is 18.5 Å². The molecule has 0 unspecified atom stereocenters. The monoisotopic (exact) mass is 309 g/mol. The first kappa shape index (κ1) is 16.5. The van der Waals surface area contributed by atoms with Crippen molar-refractivity contribution in [3.8, 4) is 0 Å². The Balaban J connectivity index is 1.91. The van der Waals surface area contributed by atoms with E-state index in [-0.39, 0.29) is 11.9 Å². The van der Waals surface area contributed by atoms with Crippen LogP contribution >= 0.6 is 11.3 Å². The molecule has 2 atom stereocenters. The van der Waals surface area contributed by atoms with Crippen LogP contribution in [-0.4, -0.2) is 55.0 Å². The molecule has 0 spiro atoms. The standard InChI is InChI=1S/C16H27N3OS/c1-12(2)16(14-6-5-9-21-14)17-15(20)11-19-8-7-18(4)10-13(19)3/h5-6,9,12-13,16H,7-8,10-11H2,1-4H3,(H,17,20)/t13-,16+/m1/s1. The number of piperazine rings is 1. The van der Waals surface area contributed by atoms with Gasteiger partial charge in [-0.15, -0.1) is 11.3 Å². The predicted molar refractivity (Wildman–Crippen MR) is 88.6 cm³/mol. The van der Waals surface area contributed by atoms with Crippen LogP contribution in [0.4, 0.5) is 0 Å². The number of nitrogens with one attached hydrogen (secondary N) is 1. The zero-order chi connectivity index (χ0) is 15.4. The molecule has 1 amide bonds. The highest BCUT2D eigenvalue weighted by atomic mass is 32.1. The van der Waals surface area contributed by atoms with E-state index in [0.717, 1.165) is 19.6 Å². The Morgan fingerprint density at radius 2 is 2.24 bits per heavy atom. The van der Waals surface area contributed by atoms with Crippen LogP contribution in [0.15, 0.2) is 17.5 Å². The van der Waals surface area contributed by atoms with Gasteiger partial charge in [0.2, 0.25) is 5.91 Å². The summed E-state index contributed by atoms with van der Waals surface area (Å²) in [6.45, 7) is 10.1. The van der Waals surface area contributed by atoms with Crippen molar-refractivity contribution in [2.45, 2.75) is 32.9 Å². The molecule has 1 aliphatic rings. The summed E-state index contributed by atoms with van der Waals surface area (Å²) in [5.41, 5.74) is 0. The Morgan fingerprint density at radius 3 is 2.81 bits per heavy atom. The molecule has 5 heteroatoms. The fourth-order valence-electron chi connectivity index (χ4n) is 2.85. The normalized spacial score (nSPS) is 22.4. The molecular weight excluding hydrogens is 282 g/mol. The van der Waals surface area contributed by atoms with Crippen LogP contribution in [0.3, 0.4) is 0 Å². The van der Waals surface area contributed by atoms with Crippen LogP contribution < -0.4 is 5.32 Å². The fraction of sp³-hybridized carbons (Fsp3) is 0.688. The molecule has 0 bridgehead atoms. The second-order valence-electron chi connectivity index (χ2n) is 6.39. The van der Waals surface area contributed by atoms with Crippen molar-refractivity contribution in [1.29, 1.82) is 0 Å². The summed E-state index contributed by atoms with van der Waals surface area (Å²) in [5.74, 6) is 0.538. The molecule has 1 fully saturated rings. The van der Waals surface area contributed by atoms with Crippen LogP contribution in [0, 0.1) is 5.92 Å². The summed E-state index contributed by atoms with van der Waals surface area (Å²) in [5, 5.41) is 5.28. The van der Waals surface area contributed by atoms with E-state index in [1.165, 1.54) is 4.88 Å². The largest absolute Gasteiger partial charge is 0.347 e. The number of carbonyl (C=O) groups excluding carboxylic acids is 1. The van der Waals surface area contributed by atoms with Crippen molar-refractivity contribution in [1.82, 2.24) is 15.1 Å². The molecule has 4 nitrogen and oxygen atoms in total. The molecule has 1 N–H and O–H groups in total. The second kappa shape index (κ2) is 7.38. The lowest BCUT2D eigenvalue weighted by Crippen LogP contribution is -2.53. The molecule has 0 saturated carbocycles. The van der Waals surface area contributed by atoms with Crippen molar-refractivity contribution in [3.63, 3.8) is 0 Å². The fourth-order valence-corrected chi connectivity index (χ4v) is 3.80. The number of thiophene rings is 1. The van der Waals surface area contributed by atoms with Crippen LogP contribution in [-0.2, 0) is 4.79 Å². The quantitative estimate of drug-likeness (QED) is 0.906. The van der Waals surface area contributed by atoms with Gasteiger partial charge in [-0.2, -0.15) is 0 Å². The average Bonchev–Trinajstić information content (AvgIpc) is 2.92. The first-order chi connectivity index (χ1) is 9.97. The zero-order valence-electron chi connectivity index (χ0n) is 13.5. The molecule has 1 aromatic rings. The highest BCUT2D eigenvalue weighted by Crippen LogP contribution is 2.25. The van der Waals surface area contributed by atoms with Crippen LogP contribution in [0.5, 0.6) is 0 Å². The van der Waals surface area contributed by atoms with Gasteiger partial charge in [-0.05, 0) is 31.3 Å². The van der Waals surface area contributed by atoms with Gasteiger partial charge in [0.1, 0.15) is 0 Å². The highest BCUT2D eigenvalue weighted by Gasteiger charge is 2.25. The van der Waals surface area contributed by atoms with E-state index in [1.54, 1.807) is 11.3 Å². The van der Waals surface area contributed by atoms with Gasteiger partial charge in [0, 0.05) is 30.6 Å². The number of amides is 1. The molecule has 0 radical (unpaired) electrons. The lowest BCUT2D eigenvalue weighted by molar-refractivity contribution is -0.124. The molecular formula is C16H27N3OS. The molecule has 2 rings (SSSR count). The van der Waals surface area contributed by atoms with E-state index < -0.39 is 0 Å². The number of hydrogen-bond donors (Lipinski definition) is 1. The zero-order valence-corrected chi connectivity index (χ0v) is 14.3. The SMILES string of the molecule is CC(C)[C@H](NC(=O)CN1CCN(C)C[C@H]1C)c1cccs1. The van der Waals surface area contributed by atoms with Gasteiger partial charge in [0.15, 0.2) is 0 Å². The lowest BCUT2D eigenvalue weighted by Gasteiger charge is -2.38. The van der Waals surface area contributed by atoms with E-state index in [4.69, 9.17) is 0 Å². The summed E-state index contributed by atoms with van der Waals surface area (Å²) in [6, 6.07) is 4.71. The summed E-state index contributed by atoms with van der Waals surface area (Å²) < 4.78 is 0. The summed E-state index contributed by atoms with van der Waals surface area (Å²) >= 11 is 1.71. The average molecular weight is 309 g/mol. The van der Waals surface area contributed by atoms with Gasteiger partial charge in [0.25, 0.3) is 0 Å². The van der Waals surface area contributed by atoms with Gasteiger partial charge in [0.05, 0.1) is 12.6 Å². The molecule has 2 heterocycles. The topological polar surface area (TPSA) is 35.6 Å². The smallest absolute Gasteiger partial charge is 0.234 e. The number of rotatable bonds is 5. The van der Waals surface area contributed by atoms with Crippen LogP contribution in [0.2, 0.25) is 0 Å². The third-order valence-corrected chi connectivity index (χ3v) is 5.10. The Labute approximate surface area is 132 Å². The van der Waals surface area contributed by atoms with Gasteiger partial charge in [-0.3, -0.25) is 9.69 Å². The maximum atomic E-state index is 12.4. The Bertz CT molecular complexity index is 446. The Kier molecular flexibility index (Phi) is 5.79. The van der Waals surface area contributed by atoms with E-state index >= 15 is 0 Å². The van der Waals surface area contributed by atoms with Crippen LogP contribution in [0.25, 0.3) is 0 Å². The summed E-state index contributed by atoms with van der Waals surface area (Å²) in [4.78, 5) is 18.2. The van der Waals surface area contributed by atoms with Crippen molar-refractivity contribution in [3.05, 3.63) is 22.4 Å². The predicted octanol–water partition coefficient (Wildman–Crippen LogP) is 2.20. The van der Waals surface area contributed by atoms with Crippen molar-refractivity contribution in [2.24, 2.45) is 5.92 Å². The van der Waals surface area contributed by atoms with E-state index in [2.05, 4.69) is 54.4 Å². The number of hydrogen-bond acceptors (Lipinski definition) is 4. The van der Waals surface area contributed by atoms with E-state index in [1.807, 2.05) is 6.07 Å². The molecule has 1 aliphatic heterocycles. The maximum absolute atomic E-state index is 12.4. The minimum atomic E-state index is 0.125. The second-order valence-corrected chi connectivity index (χ2v) is 7.37. The Hall–Kier alpha value is -0.910. The molecule has 118 valence electrons. The summed E-state index contributed by atoms with van der Waals surface area (Å²) in [7, 11) is 2.14. The van der Waals surface area contributed by atoms with Crippen molar-refractivity contribution >= 4 is 17.2 Å². The molecule has 21 heavy (non-hydrogen) atoms. The maximum Gasteiger partial charge on any atom is 0.234 e. The van der Waals surface area contributed by atoms with Crippen molar-refractivity contribution in [2.75, 3.05) is 33.2 Å². The lowest BCUT2D eigenvalue weighted by atomic mass is 10.0. The van der Waals surface area contributed by atoms with E-state index in [9.17, 15) is 4.79 Å². The molecule has 0 aliphatic carbocycles. The van der Waals surface area contributed by atoms with Gasteiger partial charge in [-0.1, -0.05) is 19.9 Å². The third-order valence-electron chi connectivity index (χ3n) is 4.15. The third kappa shape index (κ3) is 4.53.